The van der Waals surface area contributed by atoms with Gasteiger partial charge in [0.2, 0.25) is 0 Å². The summed E-state index contributed by atoms with van der Waals surface area (Å²) in [5.41, 5.74) is 0. The van der Waals surface area contributed by atoms with Crippen LogP contribution in [-0.4, -0.2) is 62.7 Å². The van der Waals surface area contributed by atoms with Crippen LogP contribution in [0.2, 0.25) is 0 Å². The summed E-state index contributed by atoms with van der Waals surface area (Å²) in [4.78, 5) is 4.98. The standard InChI is InChI=1S/C13H29N3/c1-11(2)13(14-3)10-16-8-6-7-12(16)9-15(4)5/h11-14H,6-10H2,1-5H3. The molecule has 1 fully saturated rings. The minimum atomic E-state index is 0.628. The number of hydrogen-bond acceptors (Lipinski definition) is 3. The lowest BCUT2D eigenvalue weighted by molar-refractivity contribution is 0.178. The van der Waals surface area contributed by atoms with Gasteiger partial charge in [-0.05, 0) is 46.4 Å². The molecule has 1 heterocycles. The van der Waals surface area contributed by atoms with Crippen molar-refractivity contribution in [2.45, 2.75) is 38.8 Å². The van der Waals surface area contributed by atoms with Crippen molar-refractivity contribution in [2.75, 3.05) is 40.8 Å². The fourth-order valence-corrected chi connectivity index (χ4v) is 2.65. The number of nitrogens with one attached hydrogen (secondary N) is 1. The summed E-state index contributed by atoms with van der Waals surface area (Å²) in [5, 5.41) is 3.45. The van der Waals surface area contributed by atoms with E-state index in [1.165, 1.54) is 32.5 Å². The minimum Gasteiger partial charge on any atom is -0.315 e. The van der Waals surface area contributed by atoms with E-state index in [4.69, 9.17) is 0 Å². The van der Waals surface area contributed by atoms with E-state index in [0.29, 0.717) is 12.0 Å². The molecule has 2 unspecified atom stereocenters. The van der Waals surface area contributed by atoms with Gasteiger partial charge in [0.15, 0.2) is 0 Å². The normalized spacial score (nSPS) is 24.6. The Morgan fingerprint density at radius 1 is 1.38 bits per heavy atom. The highest BCUT2D eigenvalue weighted by Gasteiger charge is 2.27. The van der Waals surface area contributed by atoms with Crippen molar-refractivity contribution in [3.05, 3.63) is 0 Å². The molecular weight excluding hydrogens is 198 g/mol. The SMILES string of the molecule is CNC(CN1CCCC1CN(C)C)C(C)C. The maximum atomic E-state index is 3.45. The predicted molar refractivity (Wildman–Crippen MR) is 70.8 cm³/mol. The van der Waals surface area contributed by atoms with Crippen molar-refractivity contribution in [3.63, 3.8) is 0 Å². The van der Waals surface area contributed by atoms with Crippen LogP contribution < -0.4 is 5.32 Å². The van der Waals surface area contributed by atoms with Gasteiger partial charge in [0.25, 0.3) is 0 Å². The van der Waals surface area contributed by atoms with E-state index in [9.17, 15) is 0 Å². The highest BCUT2D eigenvalue weighted by molar-refractivity contribution is 4.84. The molecule has 1 saturated heterocycles. The third-order valence-electron chi connectivity index (χ3n) is 3.68. The van der Waals surface area contributed by atoms with Crippen LogP contribution in [0.5, 0.6) is 0 Å². The highest BCUT2D eigenvalue weighted by atomic mass is 15.2. The zero-order valence-electron chi connectivity index (χ0n) is 11.7. The maximum absolute atomic E-state index is 3.45. The van der Waals surface area contributed by atoms with Gasteiger partial charge in [-0.25, -0.2) is 0 Å². The summed E-state index contributed by atoms with van der Waals surface area (Å²) in [5.74, 6) is 0.714. The first kappa shape index (κ1) is 13.9. The molecule has 0 amide bonds. The lowest BCUT2D eigenvalue weighted by atomic mass is 10.0. The summed E-state index contributed by atoms with van der Waals surface area (Å²) >= 11 is 0. The molecule has 0 aliphatic carbocycles. The van der Waals surface area contributed by atoms with Gasteiger partial charge in [-0.1, -0.05) is 13.8 Å². The van der Waals surface area contributed by atoms with Crippen molar-refractivity contribution < 1.29 is 0 Å². The molecule has 1 rings (SSSR count). The van der Waals surface area contributed by atoms with Crippen molar-refractivity contribution in [2.24, 2.45) is 5.92 Å². The molecule has 3 heteroatoms. The van der Waals surface area contributed by atoms with E-state index in [1.807, 2.05) is 0 Å². The first-order valence-corrected chi connectivity index (χ1v) is 6.60. The average Bonchev–Trinajstić information content (AvgIpc) is 2.60. The molecule has 0 bridgehead atoms. The van der Waals surface area contributed by atoms with Crippen LogP contribution in [0.1, 0.15) is 26.7 Å². The van der Waals surface area contributed by atoms with Gasteiger partial charge in [-0.15, -0.1) is 0 Å². The van der Waals surface area contributed by atoms with Gasteiger partial charge in [-0.2, -0.15) is 0 Å². The van der Waals surface area contributed by atoms with Crippen LogP contribution in [0.3, 0.4) is 0 Å². The highest BCUT2D eigenvalue weighted by Crippen LogP contribution is 2.19. The number of nitrogens with zero attached hydrogens (tertiary/aromatic N) is 2. The molecule has 1 aliphatic rings. The molecule has 0 aromatic carbocycles. The number of likely N-dealkylation sites (tertiary alicyclic amines) is 1. The molecule has 0 radical (unpaired) electrons. The summed E-state index contributed by atoms with van der Waals surface area (Å²) in [7, 11) is 6.44. The largest absolute Gasteiger partial charge is 0.315 e. The fourth-order valence-electron chi connectivity index (χ4n) is 2.65. The van der Waals surface area contributed by atoms with Crippen LogP contribution in [0, 0.1) is 5.92 Å². The Balaban J connectivity index is 2.45. The number of likely N-dealkylation sites (N-methyl/N-ethyl adjacent to an activating group) is 2. The Bertz CT molecular complexity index is 192. The second-order valence-electron chi connectivity index (χ2n) is 5.69. The second-order valence-corrected chi connectivity index (χ2v) is 5.69. The Morgan fingerprint density at radius 2 is 2.06 bits per heavy atom. The molecule has 0 aromatic rings. The topological polar surface area (TPSA) is 18.5 Å². The first-order chi connectivity index (χ1) is 7.54. The van der Waals surface area contributed by atoms with Gasteiger partial charge in [-0.3, -0.25) is 4.90 Å². The van der Waals surface area contributed by atoms with E-state index < -0.39 is 0 Å². The van der Waals surface area contributed by atoms with Gasteiger partial charge in [0.1, 0.15) is 0 Å². The minimum absolute atomic E-state index is 0.628. The Kier molecular flexibility index (Phi) is 5.73. The first-order valence-electron chi connectivity index (χ1n) is 6.60. The van der Waals surface area contributed by atoms with Crippen LogP contribution in [0.15, 0.2) is 0 Å². The average molecular weight is 227 g/mol. The monoisotopic (exact) mass is 227 g/mol. The van der Waals surface area contributed by atoms with E-state index >= 15 is 0 Å². The number of hydrogen-bond donors (Lipinski definition) is 1. The zero-order chi connectivity index (χ0) is 12.1. The number of rotatable bonds is 6. The van der Waals surface area contributed by atoms with Crippen LogP contribution >= 0.6 is 0 Å². The molecule has 0 saturated carbocycles. The van der Waals surface area contributed by atoms with Gasteiger partial charge in [0, 0.05) is 25.2 Å². The molecule has 0 spiro atoms. The summed E-state index contributed by atoms with van der Waals surface area (Å²) in [6, 6.07) is 1.40. The molecule has 1 N–H and O–H groups in total. The van der Waals surface area contributed by atoms with E-state index in [-0.39, 0.29) is 0 Å². The second kappa shape index (κ2) is 6.58. The Labute approximate surface area is 101 Å². The third-order valence-corrected chi connectivity index (χ3v) is 3.68. The fraction of sp³-hybridized carbons (Fsp3) is 1.00. The maximum Gasteiger partial charge on any atom is 0.0224 e. The molecule has 96 valence electrons. The van der Waals surface area contributed by atoms with Crippen molar-refractivity contribution in [1.82, 2.24) is 15.1 Å². The van der Waals surface area contributed by atoms with Crippen LogP contribution in [-0.2, 0) is 0 Å². The van der Waals surface area contributed by atoms with Crippen molar-refractivity contribution in [3.8, 4) is 0 Å². The lowest BCUT2D eigenvalue weighted by Gasteiger charge is -2.32. The third kappa shape index (κ3) is 4.04. The van der Waals surface area contributed by atoms with E-state index in [2.05, 4.69) is 50.1 Å². The Morgan fingerprint density at radius 3 is 2.56 bits per heavy atom. The molecule has 1 aliphatic heterocycles. The van der Waals surface area contributed by atoms with Crippen molar-refractivity contribution in [1.29, 1.82) is 0 Å². The summed E-state index contributed by atoms with van der Waals surface area (Å²) in [6.45, 7) is 8.29. The molecule has 0 aromatic heterocycles. The van der Waals surface area contributed by atoms with Gasteiger partial charge >= 0.3 is 0 Å². The van der Waals surface area contributed by atoms with E-state index in [1.54, 1.807) is 0 Å². The lowest BCUT2D eigenvalue weighted by Crippen LogP contribution is -2.46. The van der Waals surface area contributed by atoms with Gasteiger partial charge in [0.05, 0.1) is 0 Å². The zero-order valence-corrected chi connectivity index (χ0v) is 11.7. The van der Waals surface area contributed by atoms with Crippen LogP contribution in [0.4, 0.5) is 0 Å². The molecule has 2 atom stereocenters. The molecular formula is C13H29N3. The molecule has 16 heavy (non-hydrogen) atoms. The van der Waals surface area contributed by atoms with Gasteiger partial charge < -0.3 is 10.2 Å². The summed E-state index contributed by atoms with van der Waals surface area (Å²) < 4.78 is 0. The van der Waals surface area contributed by atoms with Crippen LogP contribution in [0.25, 0.3) is 0 Å². The Hall–Kier alpha value is -0.120. The van der Waals surface area contributed by atoms with E-state index in [0.717, 1.165) is 6.04 Å². The smallest absolute Gasteiger partial charge is 0.0224 e. The summed E-state index contributed by atoms with van der Waals surface area (Å²) in [6.07, 6.45) is 2.74. The predicted octanol–water partition coefficient (Wildman–Crippen LogP) is 1.26. The quantitative estimate of drug-likeness (QED) is 0.737. The molecule has 3 nitrogen and oxygen atoms in total. The van der Waals surface area contributed by atoms with Crippen molar-refractivity contribution >= 4 is 0 Å².